The summed E-state index contributed by atoms with van der Waals surface area (Å²) in [6, 6.07) is 0. The summed E-state index contributed by atoms with van der Waals surface area (Å²) in [7, 11) is 0. The number of esters is 1. The van der Waals surface area contributed by atoms with Crippen LogP contribution < -0.4 is 0 Å². The van der Waals surface area contributed by atoms with Gasteiger partial charge >= 0.3 is 18.3 Å². The maximum absolute atomic E-state index is 13.1. The highest BCUT2D eigenvalue weighted by molar-refractivity contribution is 14.1. The average Bonchev–Trinajstić information content (AvgIpc) is 2.44. The van der Waals surface area contributed by atoms with E-state index >= 15 is 0 Å². The molecule has 0 aromatic carbocycles. The molecule has 1 fully saturated rings. The first kappa shape index (κ1) is 21.8. The fraction of sp³-hybridized carbons (Fsp3) is 0.929. The molecular weight excluding hydrogens is 457 g/mol. The lowest BCUT2D eigenvalue weighted by molar-refractivity contribution is -0.393. The van der Waals surface area contributed by atoms with E-state index in [9.17, 15) is 36.2 Å². The minimum Gasteiger partial charge on any atom is -0.461 e. The lowest BCUT2D eigenvalue weighted by Crippen LogP contribution is -2.65. The molecule has 3 nitrogen and oxygen atoms in total. The molecule has 10 heteroatoms. The predicted molar refractivity (Wildman–Crippen MR) is 81.6 cm³/mol. The fourth-order valence-corrected chi connectivity index (χ4v) is 2.83. The number of carbonyl (C=O) groups excluding carboxylic acids is 1. The van der Waals surface area contributed by atoms with Crippen molar-refractivity contribution in [2.24, 2.45) is 5.92 Å². The van der Waals surface area contributed by atoms with Gasteiger partial charge in [-0.3, -0.25) is 4.79 Å². The van der Waals surface area contributed by atoms with Gasteiger partial charge in [0.2, 0.25) is 0 Å². The molecule has 1 N–H and O–H groups in total. The first-order chi connectivity index (χ1) is 10.7. The fourth-order valence-electron chi connectivity index (χ4n) is 2.70. The first-order valence-corrected chi connectivity index (χ1v) is 8.52. The maximum atomic E-state index is 13.1. The Bertz CT molecular complexity index is 446. The van der Waals surface area contributed by atoms with E-state index in [4.69, 9.17) is 4.74 Å². The molecule has 0 aromatic heterocycles. The molecule has 3 unspecified atom stereocenters. The van der Waals surface area contributed by atoms with Gasteiger partial charge in [-0.1, -0.05) is 35.9 Å². The molecule has 1 aliphatic rings. The molecule has 1 rings (SSSR count). The zero-order chi connectivity index (χ0) is 19.0. The Balaban J connectivity index is 3.19. The van der Waals surface area contributed by atoms with Gasteiger partial charge in [-0.25, -0.2) is 0 Å². The second-order valence-electron chi connectivity index (χ2n) is 6.15. The standard InChI is InChI=1S/C14H19F6IO3/c1-3-11(2,21)10(22)24-9-7-5-4-6-8(9)12(23,13(15,16)17)14(18,19)20/h8-9,23H,3-7H2,1-2H3. The van der Waals surface area contributed by atoms with Crippen molar-refractivity contribution in [2.45, 2.75) is 73.4 Å². The van der Waals surface area contributed by atoms with Gasteiger partial charge in [0, 0.05) is 5.92 Å². The van der Waals surface area contributed by atoms with Crippen molar-refractivity contribution in [3.63, 3.8) is 0 Å². The molecule has 24 heavy (non-hydrogen) atoms. The monoisotopic (exact) mass is 476 g/mol. The molecule has 0 amide bonds. The largest absolute Gasteiger partial charge is 0.461 e. The summed E-state index contributed by atoms with van der Waals surface area (Å²) >= 11 is 1.74. The second kappa shape index (κ2) is 7.16. The number of alkyl halides is 7. The van der Waals surface area contributed by atoms with Gasteiger partial charge in [0.15, 0.2) is 0 Å². The first-order valence-electron chi connectivity index (χ1n) is 7.44. The van der Waals surface area contributed by atoms with E-state index < -0.39 is 45.8 Å². The molecule has 0 aromatic rings. The summed E-state index contributed by atoms with van der Waals surface area (Å²) < 4.78 is 82.4. The highest BCUT2D eigenvalue weighted by Crippen LogP contribution is 2.52. The molecule has 3 atom stereocenters. The zero-order valence-corrected chi connectivity index (χ0v) is 15.3. The van der Waals surface area contributed by atoms with Crippen molar-refractivity contribution in [3.8, 4) is 0 Å². The van der Waals surface area contributed by atoms with Crippen molar-refractivity contribution >= 4 is 28.6 Å². The zero-order valence-electron chi connectivity index (χ0n) is 13.1. The number of hydrogen-bond donors (Lipinski definition) is 1. The summed E-state index contributed by atoms with van der Waals surface area (Å²) in [5, 5.41) is 9.61. The minimum atomic E-state index is -5.92. The van der Waals surface area contributed by atoms with Gasteiger partial charge in [-0.05, 0) is 32.6 Å². The Hall–Kier alpha value is -0.260. The molecule has 0 heterocycles. The summed E-state index contributed by atoms with van der Waals surface area (Å²) in [4.78, 5) is 12.1. The summed E-state index contributed by atoms with van der Waals surface area (Å²) in [6.45, 7) is 3.13. The van der Waals surface area contributed by atoms with E-state index in [1.54, 1.807) is 29.5 Å². The third-order valence-electron chi connectivity index (χ3n) is 4.45. The maximum Gasteiger partial charge on any atom is 0.426 e. The van der Waals surface area contributed by atoms with Crippen LogP contribution in [0.1, 0.15) is 46.0 Å². The van der Waals surface area contributed by atoms with Gasteiger partial charge in [0.25, 0.3) is 5.60 Å². The summed E-state index contributed by atoms with van der Waals surface area (Å²) in [5.41, 5.74) is -4.90. The van der Waals surface area contributed by atoms with Crippen LogP contribution >= 0.6 is 22.6 Å². The number of ether oxygens (including phenoxy) is 1. The van der Waals surface area contributed by atoms with Crippen LogP contribution in [0.4, 0.5) is 26.3 Å². The Morgan fingerprint density at radius 3 is 2.00 bits per heavy atom. The number of rotatable bonds is 4. The van der Waals surface area contributed by atoms with Crippen LogP contribution in [0.15, 0.2) is 0 Å². The Kier molecular flexibility index (Phi) is 6.50. The molecule has 0 spiro atoms. The van der Waals surface area contributed by atoms with Gasteiger partial charge in [0.05, 0.1) is 0 Å². The van der Waals surface area contributed by atoms with Gasteiger partial charge in [0.1, 0.15) is 9.53 Å². The van der Waals surface area contributed by atoms with Crippen LogP contribution in [-0.2, 0) is 9.53 Å². The van der Waals surface area contributed by atoms with E-state index in [1.165, 1.54) is 6.92 Å². The van der Waals surface area contributed by atoms with Crippen LogP contribution in [0.2, 0.25) is 0 Å². The minimum absolute atomic E-state index is 0.0858. The highest BCUT2D eigenvalue weighted by atomic mass is 127. The van der Waals surface area contributed by atoms with Crippen molar-refractivity contribution in [2.75, 3.05) is 0 Å². The van der Waals surface area contributed by atoms with Crippen molar-refractivity contribution in [1.29, 1.82) is 0 Å². The quantitative estimate of drug-likeness (QED) is 0.281. The summed E-state index contributed by atoms with van der Waals surface area (Å²) in [5.74, 6) is -3.16. The predicted octanol–water partition coefficient (Wildman–Crippen LogP) is 4.55. The van der Waals surface area contributed by atoms with Crippen LogP contribution in [0.5, 0.6) is 0 Å². The molecule has 0 saturated heterocycles. The topological polar surface area (TPSA) is 46.5 Å². The molecular formula is C14H19F6IO3. The van der Waals surface area contributed by atoms with E-state index in [2.05, 4.69) is 0 Å². The van der Waals surface area contributed by atoms with E-state index in [0.29, 0.717) is 12.8 Å². The normalized spacial score (nSPS) is 25.9. The van der Waals surface area contributed by atoms with Gasteiger partial charge < -0.3 is 9.84 Å². The third kappa shape index (κ3) is 4.10. The number of aliphatic hydroxyl groups is 1. The van der Waals surface area contributed by atoms with Crippen molar-refractivity contribution < 1.29 is 41.0 Å². The summed E-state index contributed by atoms with van der Waals surface area (Å²) in [6.07, 6.45) is -13.5. The molecule has 0 radical (unpaired) electrons. The molecule has 0 bridgehead atoms. The highest BCUT2D eigenvalue weighted by Gasteiger charge is 2.75. The SMILES string of the molecule is CCC(C)(I)C(=O)OC1CCCCC1C(O)(C(F)(F)F)C(F)(F)F. The van der Waals surface area contributed by atoms with Gasteiger partial charge in [-0.2, -0.15) is 26.3 Å². The van der Waals surface area contributed by atoms with Crippen LogP contribution in [0.3, 0.4) is 0 Å². The molecule has 1 saturated carbocycles. The number of halogens is 7. The van der Waals surface area contributed by atoms with E-state index in [1.807, 2.05) is 0 Å². The van der Waals surface area contributed by atoms with Crippen LogP contribution in [0, 0.1) is 5.92 Å². The number of hydrogen-bond acceptors (Lipinski definition) is 3. The molecule has 1 aliphatic carbocycles. The Morgan fingerprint density at radius 1 is 1.12 bits per heavy atom. The average molecular weight is 476 g/mol. The van der Waals surface area contributed by atoms with E-state index in [0.717, 1.165) is 0 Å². The van der Waals surface area contributed by atoms with Crippen molar-refractivity contribution in [3.05, 3.63) is 0 Å². The van der Waals surface area contributed by atoms with Crippen molar-refractivity contribution in [1.82, 2.24) is 0 Å². The molecule has 0 aliphatic heterocycles. The van der Waals surface area contributed by atoms with E-state index in [-0.39, 0.29) is 12.8 Å². The Labute approximate surface area is 149 Å². The lowest BCUT2D eigenvalue weighted by Gasteiger charge is -2.44. The van der Waals surface area contributed by atoms with Crippen LogP contribution in [-0.4, -0.2) is 38.6 Å². The lowest BCUT2D eigenvalue weighted by atomic mass is 9.74. The smallest absolute Gasteiger partial charge is 0.426 e. The van der Waals surface area contributed by atoms with Crippen LogP contribution in [0.25, 0.3) is 0 Å². The number of carbonyl (C=O) groups is 1. The molecule has 142 valence electrons. The Morgan fingerprint density at radius 2 is 1.58 bits per heavy atom. The van der Waals surface area contributed by atoms with Gasteiger partial charge in [-0.15, -0.1) is 0 Å². The second-order valence-corrected chi connectivity index (χ2v) is 8.53. The third-order valence-corrected chi connectivity index (χ3v) is 5.65.